The van der Waals surface area contributed by atoms with E-state index in [2.05, 4.69) is 21.2 Å². The summed E-state index contributed by atoms with van der Waals surface area (Å²) in [7, 11) is 0. The summed E-state index contributed by atoms with van der Waals surface area (Å²) in [6.45, 7) is 0.355. The van der Waals surface area contributed by atoms with Crippen molar-refractivity contribution in [2.75, 3.05) is 0 Å². The summed E-state index contributed by atoms with van der Waals surface area (Å²) < 4.78 is 0.911. The van der Waals surface area contributed by atoms with Crippen LogP contribution in [0.2, 0.25) is 0 Å². The highest BCUT2D eigenvalue weighted by Crippen LogP contribution is 2.20. The predicted molar refractivity (Wildman–Crippen MR) is 78.1 cm³/mol. The number of nitrogens with one attached hydrogen (secondary N) is 1. The molecule has 0 aliphatic rings. The van der Waals surface area contributed by atoms with Crippen molar-refractivity contribution >= 4 is 39.1 Å². The first kappa shape index (κ1) is 13.8. The number of primary amides is 1. The van der Waals surface area contributed by atoms with Gasteiger partial charge in [0.15, 0.2) is 0 Å². The molecule has 0 spiro atoms. The SMILES string of the molecule is NC(=O)c1cccc(CNC(=O)c2csc(Br)c2)c1. The fourth-order valence-electron chi connectivity index (χ4n) is 1.55. The maximum Gasteiger partial charge on any atom is 0.252 e. The Morgan fingerprint density at radius 1 is 1.26 bits per heavy atom. The Bertz CT molecular complexity index is 625. The van der Waals surface area contributed by atoms with E-state index < -0.39 is 5.91 Å². The molecule has 0 atom stereocenters. The first-order valence-corrected chi connectivity index (χ1v) is 7.14. The number of carbonyl (C=O) groups excluding carboxylic acids is 2. The van der Waals surface area contributed by atoms with Gasteiger partial charge in [0.25, 0.3) is 5.91 Å². The van der Waals surface area contributed by atoms with Crippen LogP contribution in [0.4, 0.5) is 0 Å². The van der Waals surface area contributed by atoms with Gasteiger partial charge in [-0.2, -0.15) is 0 Å². The van der Waals surface area contributed by atoms with Crippen LogP contribution < -0.4 is 11.1 Å². The minimum Gasteiger partial charge on any atom is -0.366 e. The van der Waals surface area contributed by atoms with E-state index in [1.165, 1.54) is 11.3 Å². The fourth-order valence-corrected chi connectivity index (χ4v) is 2.68. The summed E-state index contributed by atoms with van der Waals surface area (Å²) in [6.07, 6.45) is 0. The van der Waals surface area contributed by atoms with Crippen LogP contribution in [0.3, 0.4) is 0 Å². The fraction of sp³-hybridized carbons (Fsp3) is 0.0769. The largest absolute Gasteiger partial charge is 0.366 e. The molecule has 1 aromatic heterocycles. The Balaban J connectivity index is 2.01. The number of nitrogens with two attached hydrogens (primary N) is 1. The molecular weight excluding hydrogens is 328 g/mol. The minimum atomic E-state index is -0.477. The molecule has 0 unspecified atom stereocenters. The van der Waals surface area contributed by atoms with Gasteiger partial charge in [0.05, 0.1) is 9.35 Å². The molecule has 1 heterocycles. The van der Waals surface area contributed by atoms with Gasteiger partial charge in [0.2, 0.25) is 5.91 Å². The molecule has 98 valence electrons. The number of hydrogen-bond acceptors (Lipinski definition) is 3. The second-order valence-corrected chi connectivity index (χ2v) is 6.18. The monoisotopic (exact) mass is 338 g/mol. The van der Waals surface area contributed by atoms with Gasteiger partial charge in [0.1, 0.15) is 0 Å². The third kappa shape index (κ3) is 3.65. The molecule has 0 aliphatic heterocycles. The van der Waals surface area contributed by atoms with E-state index in [4.69, 9.17) is 5.73 Å². The molecule has 0 aliphatic carbocycles. The number of halogens is 1. The van der Waals surface area contributed by atoms with Crippen molar-refractivity contribution in [3.63, 3.8) is 0 Å². The summed E-state index contributed by atoms with van der Waals surface area (Å²) in [5.41, 5.74) is 7.08. The maximum absolute atomic E-state index is 11.8. The highest BCUT2D eigenvalue weighted by Gasteiger charge is 2.08. The molecule has 6 heteroatoms. The van der Waals surface area contributed by atoms with Crippen LogP contribution in [-0.4, -0.2) is 11.8 Å². The van der Waals surface area contributed by atoms with E-state index in [1.54, 1.807) is 29.6 Å². The lowest BCUT2D eigenvalue weighted by molar-refractivity contribution is 0.0950. The minimum absolute atomic E-state index is 0.147. The molecule has 0 radical (unpaired) electrons. The highest BCUT2D eigenvalue weighted by atomic mass is 79.9. The van der Waals surface area contributed by atoms with Crippen molar-refractivity contribution in [3.05, 3.63) is 56.2 Å². The van der Waals surface area contributed by atoms with E-state index in [-0.39, 0.29) is 5.91 Å². The van der Waals surface area contributed by atoms with Gasteiger partial charge in [-0.25, -0.2) is 0 Å². The molecule has 2 amide bonds. The zero-order valence-corrected chi connectivity index (χ0v) is 12.3. The number of hydrogen-bond donors (Lipinski definition) is 2. The Hall–Kier alpha value is -1.66. The summed E-state index contributed by atoms with van der Waals surface area (Å²) in [4.78, 5) is 22.9. The maximum atomic E-state index is 11.8. The standard InChI is InChI=1S/C13H11BrN2O2S/c14-11-5-10(7-19-11)13(18)16-6-8-2-1-3-9(4-8)12(15)17/h1-5,7H,6H2,(H2,15,17)(H,16,18). The summed E-state index contributed by atoms with van der Waals surface area (Å²) >= 11 is 4.76. The molecule has 3 N–H and O–H groups in total. The third-order valence-electron chi connectivity index (χ3n) is 2.49. The molecule has 0 bridgehead atoms. The first-order valence-electron chi connectivity index (χ1n) is 5.47. The third-order valence-corrected chi connectivity index (χ3v) is 4.00. The zero-order valence-electron chi connectivity index (χ0n) is 9.85. The summed E-state index contributed by atoms with van der Waals surface area (Å²) in [5, 5.41) is 4.57. The second kappa shape index (κ2) is 5.99. The van der Waals surface area contributed by atoms with Crippen molar-refractivity contribution in [1.29, 1.82) is 0 Å². The number of carbonyl (C=O) groups is 2. The predicted octanol–water partition coefficient (Wildman–Crippen LogP) is 2.54. The number of thiophene rings is 1. The molecule has 0 fully saturated rings. The van der Waals surface area contributed by atoms with Crippen LogP contribution in [0.15, 0.2) is 39.5 Å². The van der Waals surface area contributed by atoms with Gasteiger partial charge in [-0.15, -0.1) is 11.3 Å². The van der Waals surface area contributed by atoms with Crippen LogP contribution in [0.5, 0.6) is 0 Å². The average Bonchev–Trinajstić information content (AvgIpc) is 2.83. The highest BCUT2D eigenvalue weighted by molar-refractivity contribution is 9.11. The lowest BCUT2D eigenvalue weighted by Crippen LogP contribution is -2.22. The van der Waals surface area contributed by atoms with E-state index >= 15 is 0 Å². The molecule has 2 aromatic rings. The van der Waals surface area contributed by atoms with E-state index in [0.717, 1.165) is 9.35 Å². The Morgan fingerprint density at radius 2 is 2.05 bits per heavy atom. The normalized spacial score (nSPS) is 10.2. The smallest absolute Gasteiger partial charge is 0.252 e. The van der Waals surface area contributed by atoms with Gasteiger partial charge in [-0.1, -0.05) is 12.1 Å². The molecule has 2 rings (SSSR count). The zero-order chi connectivity index (χ0) is 13.8. The Labute approximate surface area is 122 Å². The number of amides is 2. The molecule has 0 saturated heterocycles. The van der Waals surface area contributed by atoms with E-state index in [1.807, 2.05) is 6.07 Å². The molecule has 1 aromatic carbocycles. The van der Waals surface area contributed by atoms with Crippen LogP contribution in [0.25, 0.3) is 0 Å². The topological polar surface area (TPSA) is 72.2 Å². The van der Waals surface area contributed by atoms with Crippen molar-refractivity contribution < 1.29 is 9.59 Å². The van der Waals surface area contributed by atoms with Crippen LogP contribution in [-0.2, 0) is 6.54 Å². The van der Waals surface area contributed by atoms with Crippen LogP contribution in [0, 0.1) is 0 Å². The summed E-state index contributed by atoms with van der Waals surface area (Å²) in [6, 6.07) is 8.65. The van der Waals surface area contributed by atoms with E-state index in [9.17, 15) is 9.59 Å². The molecular formula is C13H11BrN2O2S. The molecule has 4 nitrogen and oxygen atoms in total. The van der Waals surface area contributed by atoms with Crippen molar-refractivity contribution in [2.45, 2.75) is 6.54 Å². The van der Waals surface area contributed by atoms with E-state index in [0.29, 0.717) is 17.7 Å². The van der Waals surface area contributed by atoms with Crippen molar-refractivity contribution in [1.82, 2.24) is 5.32 Å². The quantitative estimate of drug-likeness (QED) is 0.899. The van der Waals surface area contributed by atoms with Crippen LogP contribution >= 0.6 is 27.3 Å². The lowest BCUT2D eigenvalue weighted by atomic mass is 10.1. The first-order chi connectivity index (χ1) is 9.06. The Morgan fingerprint density at radius 3 is 2.68 bits per heavy atom. The number of benzene rings is 1. The van der Waals surface area contributed by atoms with Crippen LogP contribution in [0.1, 0.15) is 26.3 Å². The Kier molecular flexibility index (Phi) is 4.34. The average molecular weight is 339 g/mol. The van der Waals surface area contributed by atoms with Gasteiger partial charge in [0, 0.05) is 17.5 Å². The van der Waals surface area contributed by atoms with Crippen molar-refractivity contribution in [2.24, 2.45) is 5.73 Å². The number of rotatable bonds is 4. The van der Waals surface area contributed by atoms with Gasteiger partial charge in [-0.3, -0.25) is 9.59 Å². The lowest BCUT2D eigenvalue weighted by Gasteiger charge is -2.05. The molecule has 19 heavy (non-hydrogen) atoms. The van der Waals surface area contributed by atoms with Gasteiger partial charge < -0.3 is 11.1 Å². The molecule has 0 saturated carbocycles. The van der Waals surface area contributed by atoms with Gasteiger partial charge >= 0.3 is 0 Å². The summed E-state index contributed by atoms with van der Waals surface area (Å²) in [5.74, 6) is -0.624. The second-order valence-electron chi connectivity index (χ2n) is 3.89. The van der Waals surface area contributed by atoms with Gasteiger partial charge in [-0.05, 0) is 39.7 Å². The van der Waals surface area contributed by atoms with Crippen molar-refractivity contribution in [3.8, 4) is 0 Å².